The second-order valence-corrected chi connectivity index (χ2v) is 5.19. The second-order valence-electron chi connectivity index (χ2n) is 5.19. The van der Waals surface area contributed by atoms with Crippen LogP contribution in [0.3, 0.4) is 0 Å². The Kier molecular flexibility index (Phi) is 5.04. The minimum absolute atomic E-state index is 0.268. The molecule has 2 atom stereocenters. The lowest BCUT2D eigenvalue weighted by atomic mass is 9.90. The largest absolute Gasteiger partial charge is 0.496 e. The van der Waals surface area contributed by atoms with Gasteiger partial charge in [-0.05, 0) is 25.1 Å². The quantitative estimate of drug-likeness (QED) is 0.858. The van der Waals surface area contributed by atoms with Gasteiger partial charge in [0.15, 0.2) is 0 Å². The van der Waals surface area contributed by atoms with Crippen molar-refractivity contribution >= 4 is 0 Å². The molecule has 2 unspecified atom stereocenters. The standard InChI is InChI=1S/C17H23NO3/c1-4-12-6-8-16(21-12)17(19)14(10-18)13-9-11(2)5-7-15(13)20-3/h5-9,14,17,19H,4,10,18H2,1-3H3. The molecule has 0 saturated heterocycles. The average Bonchev–Trinajstić information content (AvgIpc) is 2.97. The number of aliphatic hydroxyl groups is 1. The summed E-state index contributed by atoms with van der Waals surface area (Å²) < 4.78 is 11.1. The number of hydrogen-bond donors (Lipinski definition) is 2. The third-order valence-corrected chi connectivity index (χ3v) is 3.74. The zero-order valence-electron chi connectivity index (χ0n) is 12.8. The number of rotatable bonds is 6. The molecule has 1 aromatic carbocycles. The van der Waals surface area contributed by atoms with Crippen LogP contribution in [-0.2, 0) is 6.42 Å². The van der Waals surface area contributed by atoms with E-state index in [0.29, 0.717) is 12.3 Å². The Morgan fingerprint density at radius 2 is 2.05 bits per heavy atom. The van der Waals surface area contributed by atoms with Crippen molar-refractivity contribution in [3.8, 4) is 5.75 Å². The summed E-state index contributed by atoms with van der Waals surface area (Å²) in [6, 6.07) is 9.58. The van der Waals surface area contributed by atoms with Crippen LogP contribution in [0.25, 0.3) is 0 Å². The molecule has 0 aliphatic carbocycles. The van der Waals surface area contributed by atoms with Crippen molar-refractivity contribution in [3.05, 3.63) is 53.0 Å². The Bertz CT molecular complexity index is 591. The fourth-order valence-electron chi connectivity index (χ4n) is 2.51. The molecule has 3 N–H and O–H groups in total. The first kappa shape index (κ1) is 15.6. The molecule has 0 spiro atoms. The zero-order chi connectivity index (χ0) is 15.4. The molecule has 0 fully saturated rings. The molecule has 4 nitrogen and oxygen atoms in total. The van der Waals surface area contributed by atoms with Gasteiger partial charge in [0.25, 0.3) is 0 Å². The Morgan fingerprint density at radius 3 is 2.62 bits per heavy atom. The third kappa shape index (κ3) is 3.28. The third-order valence-electron chi connectivity index (χ3n) is 3.74. The van der Waals surface area contributed by atoms with Crippen LogP contribution >= 0.6 is 0 Å². The molecule has 0 saturated carbocycles. The summed E-state index contributed by atoms with van der Waals surface area (Å²) in [4.78, 5) is 0. The molecule has 21 heavy (non-hydrogen) atoms. The van der Waals surface area contributed by atoms with Crippen molar-refractivity contribution in [2.75, 3.05) is 13.7 Å². The first-order chi connectivity index (χ1) is 10.1. The number of methoxy groups -OCH3 is 1. The number of hydrogen-bond acceptors (Lipinski definition) is 4. The molecule has 1 aromatic heterocycles. The highest BCUT2D eigenvalue weighted by Gasteiger charge is 2.27. The van der Waals surface area contributed by atoms with Crippen molar-refractivity contribution in [1.82, 2.24) is 0 Å². The van der Waals surface area contributed by atoms with Gasteiger partial charge in [-0.3, -0.25) is 0 Å². The van der Waals surface area contributed by atoms with E-state index in [1.54, 1.807) is 7.11 Å². The average molecular weight is 289 g/mol. The summed E-state index contributed by atoms with van der Waals surface area (Å²) in [5.74, 6) is 1.87. The SMILES string of the molecule is CCc1ccc(C(O)C(CN)c2cc(C)ccc2OC)o1. The van der Waals surface area contributed by atoms with Gasteiger partial charge in [0.2, 0.25) is 0 Å². The number of benzene rings is 1. The molecule has 0 amide bonds. The second kappa shape index (κ2) is 6.78. The van der Waals surface area contributed by atoms with Gasteiger partial charge in [-0.2, -0.15) is 0 Å². The molecule has 0 bridgehead atoms. The Balaban J connectivity index is 2.36. The lowest BCUT2D eigenvalue weighted by Gasteiger charge is -2.22. The minimum Gasteiger partial charge on any atom is -0.496 e. The van der Waals surface area contributed by atoms with Crippen LogP contribution in [0.5, 0.6) is 5.75 Å². The van der Waals surface area contributed by atoms with E-state index in [1.165, 1.54) is 0 Å². The Morgan fingerprint density at radius 1 is 1.29 bits per heavy atom. The maximum atomic E-state index is 10.6. The van der Waals surface area contributed by atoms with E-state index in [-0.39, 0.29) is 5.92 Å². The van der Waals surface area contributed by atoms with E-state index in [4.69, 9.17) is 14.9 Å². The van der Waals surface area contributed by atoms with Crippen LogP contribution < -0.4 is 10.5 Å². The molecule has 4 heteroatoms. The summed E-state index contributed by atoms with van der Waals surface area (Å²) in [6.07, 6.45) is 0.0133. The van der Waals surface area contributed by atoms with Crippen molar-refractivity contribution in [2.24, 2.45) is 5.73 Å². The van der Waals surface area contributed by atoms with Gasteiger partial charge in [-0.25, -0.2) is 0 Å². The number of aliphatic hydroxyl groups excluding tert-OH is 1. The van der Waals surface area contributed by atoms with E-state index >= 15 is 0 Å². The van der Waals surface area contributed by atoms with Crippen molar-refractivity contribution in [2.45, 2.75) is 32.3 Å². The van der Waals surface area contributed by atoms with Crippen LogP contribution in [0.4, 0.5) is 0 Å². The predicted molar refractivity (Wildman–Crippen MR) is 82.6 cm³/mol. The van der Waals surface area contributed by atoms with Crippen molar-refractivity contribution < 1.29 is 14.3 Å². The van der Waals surface area contributed by atoms with E-state index in [9.17, 15) is 5.11 Å². The van der Waals surface area contributed by atoms with Gasteiger partial charge in [0, 0.05) is 24.4 Å². The molecule has 0 aliphatic rings. The Hall–Kier alpha value is -1.78. The normalized spacial score (nSPS) is 14.0. The number of aryl methyl sites for hydroxylation is 2. The lowest BCUT2D eigenvalue weighted by molar-refractivity contribution is 0.119. The van der Waals surface area contributed by atoms with Gasteiger partial charge in [-0.1, -0.05) is 24.6 Å². The smallest absolute Gasteiger partial charge is 0.133 e. The first-order valence-corrected chi connectivity index (χ1v) is 7.22. The van der Waals surface area contributed by atoms with E-state index in [0.717, 1.165) is 29.1 Å². The van der Waals surface area contributed by atoms with Crippen molar-refractivity contribution in [3.63, 3.8) is 0 Å². The summed E-state index contributed by atoms with van der Waals surface area (Å²) in [5.41, 5.74) is 7.91. The fraction of sp³-hybridized carbons (Fsp3) is 0.412. The predicted octanol–water partition coefficient (Wildman–Crippen LogP) is 2.93. The molecule has 1 heterocycles. The minimum atomic E-state index is -0.786. The monoisotopic (exact) mass is 289 g/mol. The van der Waals surface area contributed by atoms with E-state index < -0.39 is 6.10 Å². The molecule has 2 aromatic rings. The Labute approximate surface area is 125 Å². The van der Waals surface area contributed by atoms with Crippen LogP contribution in [0.15, 0.2) is 34.7 Å². The molecule has 2 rings (SSSR count). The lowest BCUT2D eigenvalue weighted by Crippen LogP contribution is -2.20. The molecule has 0 radical (unpaired) electrons. The first-order valence-electron chi connectivity index (χ1n) is 7.22. The summed E-state index contributed by atoms with van der Waals surface area (Å²) >= 11 is 0. The number of nitrogens with two attached hydrogens (primary N) is 1. The number of ether oxygens (including phenoxy) is 1. The van der Waals surface area contributed by atoms with E-state index in [1.807, 2.05) is 44.2 Å². The highest BCUT2D eigenvalue weighted by molar-refractivity contribution is 5.40. The fourth-order valence-corrected chi connectivity index (χ4v) is 2.51. The maximum Gasteiger partial charge on any atom is 0.133 e. The summed E-state index contributed by atoms with van der Waals surface area (Å²) in [5, 5.41) is 10.6. The molecular formula is C17H23NO3. The van der Waals surface area contributed by atoms with Gasteiger partial charge in [0.05, 0.1) is 7.11 Å². The molecular weight excluding hydrogens is 266 g/mol. The molecule has 0 aliphatic heterocycles. The zero-order valence-corrected chi connectivity index (χ0v) is 12.8. The summed E-state index contributed by atoms with van der Waals surface area (Å²) in [6.45, 7) is 4.33. The van der Waals surface area contributed by atoms with Gasteiger partial charge < -0.3 is 20.0 Å². The highest BCUT2D eigenvalue weighted by atomic mass is 16.5. The highest BCUT2D eigenvalue weighted by Crippen LogP contribution is 2.36. The van der Waals surface area contributed by atoms with Crippen LogP contribution in [0.2, 0.25) is 0 Å². The molecule has 114 valence electrons. The van der Waals surface area contributed by atoms with Crippen LogP contribution in [0.1, 0.15) is 41.6 Å². The number of furan rings is 1. The van der Waals surface area contributed by atoms with Crippen LogP contribution in [0, 0.1) is 6.92 Å². The maximum absolute atomic E-state index is 10.6. The van der Waals surface area contributed by atoms with E-state index in [2.05, 4.69) is 0 Å². The summed E-state index contributed by atoms with van der Waals surface area (Å²) in [7, 11) is 1.62. The van der Waals surface area contributed by atoms with Gasteiger partial charge in [0.1, 0.15) is 23.4 Å². The van der Waals surface area contributed by atoms with Crippen LogP contribution in [-0.4, -0.2) is 18.8 Å². The van der Waals surface area contributed by atoms with Gasteiger partial charge in [-0.15, -0.1) is 0 Å². The van der Waals surface area contributed by atoms with Gasteiger partial charge >= 0.3 is 0 Å². The topological polar surface area (TPSA) is 68.6 Å². The van der Waals surface area contributed by atoms with Crippen molar-refractivity contribution in [1.29, 1.82) is 0 Å².